The summed E-state index contributed by atoms with van der Waals surface area (Å²) in [6, 6.07) is 4.38. The Hall–Kier alpha value is -3.54. The molecule has 0 aromatic heterocycles. The molecule has 0 aliphatic rings. The van der Waals surface area contributed by atoms with Crippen LogP contribution in [0.3, 0.4) is 0 Å². The van der Waals surface area contributed by atoms with Gasteiger partial charge in [0.2, 0.25) is 17.7 Å². The molecule has 0 aliphatic heterocycles. The maximum atomic E-state index is 14.1. The maximum absolute atomic E-state index is 14.1. The van der Waals surface area contributed by atoms with Crippen LogP contribution in [0, 0.1) is 12.3 Å². The van der Waals surface area contributed by atoms with Crippen LogP contribution in [0.15, 0.2) is 24.3 Å². The van der Waals surface area contributed by atoms with Gasteiger partial charge in [0.15, 0.2) is 0 Å². The fourth-order valence-electron chi connectivity index (χ4n) is 3.63. The van der Waals surface area contributed by atoms with Crippen LogP contribution >= 0.6 is 0 Å². The van der Waals surface area contributed by atoms with E-state index >= 15 is 0 Å². The Morgan fingerprint density at radius 3 is 2.11 bits per heavy atom. The van der Waals surface area contributed by atoms with Crippen molar-refractivity contribution in [1.82, 2.24) is 15.5 Å². The number of nitrogens with two attached hydrogens (primary N) is 1. The van der Waals surface area contributed by atoms with Gasteiger partial charge >= 0.3 is 6.09 Å². The lowest BCUT2D eigenvalue weighted by Crippen LogP contribution is -2.59. The van der Waals surface area contributed by atoms with Gasteiger partial charge in [0.05, 0.1) is 0 Å². The highest BCUT2D eigenvalue weighted by molar-refractivity contribution is 5.93. The first-order chi connectivity index (χ1) is 16.5. The molecule has 0 fully saturated rings. The largest absolute Gasteiger partial charge is 0.444 e. The number of ether oxygens (including phenoxy) is 1. The van der Waals surface area contributed by atoms with E-state index in [1.807, 2.05) is 13.8 Å². The number of nitrogens with zero attached hydrogens (tertiary/aromatic N) is 1. The van der Waals surface area contributed by atoms with Crippen LogP contribution in [-0.4, -0.2) is 51.9 Å². The van der Waals surface area contributed by atoms with Crippen LogP contribution in [-0.2, 0) is 19.1 Å². The maximum Gasteiger partial charge on any atom is 0.408 e. The van der Waals surface area contributed by atoms with Gasteiger partial charge in [-0.05, 0) is 73.4 Å². The van der Waals surface area contributed by atoms with Crippen LogP contribution in [0.2, 0.25) is 0 Å². The summed E-state index contributed by atoms with van der Waals surface area (Å²) in [7, 11) is 0. The molecule has 0 saturated carbocycles. The molecule has 0 spiro atoms. The molecule has 0 radical (unpaired) electrons. The van der Waals surface area contributed by atoms with E-state index in [1.54, 1.807) is 65.8 Å². The first-order valence-electron chi connectivity index (χ1n) is 11.9. The molecule has 2 unspecified atom stereocenters. The third kappa shape index (κ3) is 9.25. The Kier molecular flexibility index (Phi) is 10.5. The van der Waals surface area contributed by atoms with E-state index in [9.17, 15) is 19.2 Å². The summed E-state index contributed by atoms with van der Waals surface area (Å²) < 4.78 is 5.33. The molecule has 4 N–H and O–H groups in total. The minimum atomic E-state index is -1.18. The number of alkyl carbamates (subject to hydrolysis) is 1. The molecule has 9 nitrogen and oxygen atoms in total. The molecule has 2 atom stereocenters. The Morgan fingerprint density at radius 2 is 1.64 bits per heavy atom. The molecule has 0 aliphatic carbocycles. The van der Waals surface area contributed by atoms with Gasteiger partial charge in [-0.1, -0.05) is 24.1 Å². The van der Waals surface area contributed by atoms with Gasteiger partial charge < -0.3 is 26.0 Å². The Bertz CT molecular complexity index is 999. The molecule has 0 bridgehead atoms. The zero-order valence-corrected chi connectivity index (χ0v) is 22.6. The first kappa shape index (κ1) is 30.5. The summed E-state index contributed by atoms with van der Waals surface area (Å²) in [5, 5.41) is 5.44. The van der Waals surface area contributed by atoms with Crippen molar-refractivity contribution in [3.05, 3.63) is 35.4 Å². The number of benzene rings is 1. The van der Waals surface area contributed by atoms with Crippen molar-refractivity contribution in [3.8, 4) is 12.3 Å². The van der Waals surface area contributed by atoms with Crippen molar-refractivity contribution in [2.24, 2.45) is 5.73 Å². The van der Waals surface area contributed by atoms with Crippen molar-refractivity contribution >= 4 is 23.8 Å². The first-order valence-corrected chi connectivity index (χ1v) is 11.9. The van der Waals surface area contributed by atoms with Crippen LogP contribution in [0.5, 0.6) is 0 Å². The van der Waals surface area contributed by atoms with Crippen molar-refractivity contribution in [2.45, 2.75) is 97.5 Å². The minimum absolute atomic E-state index is 0.0741. The van der Waals surface area contributed by atoms with Crippen LogP contribution < -0.4 is 16.4 Å². The third-order valence-corrected chi connectivity index (χ3v) is 4.98. The highest BCUT2D eigenvalue weighted by Crippen LogP contribution is 2.32. The van der Waals surface area contributed by atoms with E-state index in [-0.39, 0.29) is 18.9 Å². The van der Waals surface area contributed by atoms with E-state index in [0.717, 1.165) is 0 Å². The normalized spacial score (nSPS) is 13.2. The Balaban J connectivity index is 3.66. The zero-order chi connectivity index (χ0) is 27.8. The van der Waals surface area contributed by atoms with Crippen molar-refractivity contribution < 1.29 is 23.9 Å². The van der Waals surface area contributed by atoms with Gasteiger partial charge in [-0.2, -0.15) is 0 Å². The number of primary amides is 1. The average molecular weight is 501 g/mol. The summed E-state index contributed by atoms with van der Waals surface area (Å²) in [6.07, 6.45) is 4.67. The number of nitrogens with one attached hydrogen (secondary N) is 2. The van der Waals surface area contributed by atoms with E-state index < -0.39 is 47.0 Å². The number of amides is 4. The predicted octanol–water partition coefficient (Wildman–Crippen LogP) is 3.02. The van der Waals surface area contributed by atoms with Gasteiger partial charge in [0.25, 0.3) is 0 Å². The SMILES string of the molecule is C#Cc1ccccc1C(C(=O)NC(C)C)N(C(=O)C(CCC(N)=O)NC(=O)OC(C)(C)C)C(C)(C)C. The average Bonchev–Trinajstić information content (AvgIpc) is 2.71. The molecule has 1 aromatic carbocycles. The van der Waals surface area contributed by atoms with E-state index in [1.165, 1.54) is 4.90 Å². The van der Waals surface area contributed by atoms with E-state index in [2.05, 4.69) is 16.6 Å². The molecule has 0 heterocycles. The lowest BCUT2D eigenvalue weighted by atomic mass is 9.92. The highest BCUT2D eigenvalue weighted by Gasteiger charge is 2.42. The lowest BCUT2D eigenvalue weighted by molar-refractivity contribution is -0.148. The van der Waals surface area contributed by atoms with E-state index in [0.29, 0.717) is 11.1 Å². The molecule has 4 amide bonds. The third-order valence-electron chi connectivity index (χ3n) is 4.98. The predicted molar refractivity (Wildman–Crippen MR) is 139 cm³/mol. The molecule has 1 aromatic rings. The number of hydrogen-bond donors (Lipinski definition) is 3. The van der Waals surface area contributed by atoms with Gasteiger partial charge in [0, 0.05) is 23.6 Å². The van der Waals surface area contributed by atoms with Gasteiger partial charge in [-0.15, -0.1) is 6.42 Å². The van der Waals surface area contributed by atoms with Crippen molar-refractivity contribution in [3.63, 3.8) is 0 Å². The molecular weight excluding hydrogens is 460 g/mol. The molecule has 9 heteroatoms. The second kappa shape index (κ2) is 12.4. The molecule has 0 saturated heterocycles. The van der Waals surface area contributed by atoms with Crippen LogP contribution in [0.1, 0.15) is 85.4 Å². The standard InChI is InChI=1S/C27H40N4O5/c1-10-18-13-11-12-14-19(18)22(23(33)29-17(2)3)31(26(4,5)6)24(34)20(15-16-21(28)32)30-25(35)36-27(7,8)9/h1,11-14,17,20,22H,15-16H2,2-9H3,(H2,28,32)(H,29,33)(H,30,35). The summed E-state index contributed by atoms with van der Waals surface area (Å²) in [5.41, 5.74) is 4.55. The molecular formula is C27H40N4O5. The number of terminal acetylenes is 1. The van der Waals surface area contributed by atoms with Crippen LogP contribution in [0.25, 0.3) is 0 Å². The van der Waals surface area contributed by atoms with E-state index in [4.69, 9.17) is 16.9 Å². The van der Waals surface area contributed by atoms with Crippen molar-refractivity contribution in [2.75, 3.05) is 0 Å². The Labute approximate surface area is 214 Å². The molecule has 1 rings (SSSR count). The number of hydrogen-bond acceptors (Lipinski definition) is 5. The molecule has 36 heavy (non-hydrogen) atoms. The zero-order valence-electron chi connectivity index (χ0n) is 22.6. The smallest absolute Gasteiger partial charge is 0.408 e. The van der Waals surface area contributed by atoms with Gasteiger partial charge in [0.1, 0.15) is 17.7 Å². The summed E-state index contributed by atoms with van der Waals surface area (Å²) in [6.45, 7) is 14.0. The highest BCUT2D eigenvalue weighted by atomic mass is 16.6. The number of carbonyl (C=O) groups is 4. The second-order valence-electron chi connectivity index (χ2n) is 10.9. The van der Waals surface area contributed by atoms with Gasteiger partial charge in [-0.25, -0.2) is 4.79 Å². The quantitative estimate of drug-likeness (QED) is 0.449. The van der Waals surface area contributed by atoms with Crippen molar-refractivity contribution in [1.29, 1.82) is 0 Å². The van der Waals surface area contributed by atoms with Gasteiger partial charge in [-0.3, -0.25) is 14.4 Å². The minimum Gasteiger partial charge on any atom is -0.444 e. The summed E-state index contributed by atoms with van der Waals surface area (Å²) >= 11 is 0. The number of rotatable bonds is 9. The van der Waals surface area contributed by atoms with Crippen LogP contribution in [0.4, 0.5) is 4.79 Å². The number of carbonyl (C=O) groups excluding carboxylic acids is 4. The molecule has 198 valence electrons. The topological polar surface area (TPSA) is 131 Å². The Morgan fingerprint density at radius 1 is 1.06 bits per heavy atom. The summed E-state index contributed by atoms with van der Waals surface area (Å²) in [4.78, 5) is 53.2. The second-order valence-corrected chi connectivity index (χ2v) is 10.9. The fourth-order valence-corrected chi connectivity index (χ4v) is 3.63. The lowest BCUT2D eigenvalue weighted by Gasteiger charge is -2.43. The summed E-state index contributed by atoms with van der Waals surface area (Å²) in [5.74, 6) is 0.949. The fraction of sp³-hybridized carbons (Fsp3) is 0.556. The monoisotopic (exact) mass is 500 g/mol.